The Kier molecular flexibility index (Phi) is 5.47. The number of aromatic amines is 1. The molecule has 1 amide bonds. The number of H-pyrrole nitrogens is 1. The Bertz CT molecular complexity index is 1050. The fraction of sp³-hybridized carbons (Fsp3) is 0.391. The number of nitrogens with one attached hydrogen (secondary N) is 1. The van der Waals surface area contributed by atoms with Crippen molar-refractivity contribution in [2.75, 3.05) is 26.2 Å². The standard InChI is InChI=1S/C23H27FN4O2/c1-23(2,3)30-22(29)28-10-8-27(9-11-28)15-18-5-4-17(13-20(18)24)16-6-7-21-19(12-16)14-25-26-21/h4-7,12-14H,8-11,15H2,1-3H3,(H,25,26). The van der Waals surface area contributed by atoms with Crippen molar-refractivity contribution in [2.24, 2.45) is 0 Å². The van der Waals surface area contributed by atoms with Crippen molar-refractivity contribution in [1.29, 1.82) is 0 Å². The van der Waals surface area contributed by atoms with Gasteiger partial charge in [0, 0.05) is 43.7 Å². The number of nitrogens with zero attached hydrogens (tertiary/aromatic N) is 3. The van der Waals surface area contributed by atoms with Crippen LogP contribution in [0.25, 0.3) is 22.0 Å². The van der Waals surface area contributed by atoms with Crippen molar-refractivity contribution in [3.63, 3.8) is 0 Å². The lowest BCUT2D eigenvalue weighted by molar-refractivity contribution is 0.0138. The molecule has 0 aliphatic carbocycles. The molecule has 0 bridgehead atoms. The molecule has 0 radical (unpaired) electrons. The first kappa shape index (κ1) is 20.3. The van der Waals surface area contributed by atoms with E-state index in [9.17, 15) is 9.18 Å². The summed E-state index contributed by atoms with van der Waals surface area (Å²) in [4.78, 5) is 16.1. The summed E-state index contributed by atoms with van der Waals surface area (Å²) >= 11 is 0. The topological polar surface area (TPSA) is 61.5 Å². The van der Waals surface area contributed by atoms with Gasteiger partial charge < -0.3 is 9.64 Å². The molecule has 158 valence electrons. The molecule has 6 nitrogen and oxygen atoms in total. The molecule has 3 aromatic rings. The molecule has 0 atom stereocenters. The Labute approximate surface area is 175 Å². The molecule has 0 spiro atoms. The molecular formula is C23H27FN4O2. The van der Waals surface area contributed by atoms with E-state index < -0.39 is 5.60 Å². The normalized spacial score (nSPS) is 15.5. The molecule has 0 saturated carbocycles. The van der Waals surface area contributed by atoms with Gasteiger partial charge >= 0.3 is 6.09 Å². The van der Waals surface area contributed by atoms with Crippen LogP contribution in [-0.4, -0.2) is 57.9 Å². The second-order valence-corrected chi connectivity index (χ2v) is 8.72. The molecule has 30 heavy (non-hydrogen) atoms. The smallest absolute Gasteiger partial charge is 0.410 e. The summed E-state index contributed by atoms with van der Waals surface area (Å²) in [6.07, 6.45) is 1.48. The number of carbonyl (C=O) groups is 1. The first-order valence-electron chi connectivity index (χ1n) is 10.2. The van der Waals surface area contributed by atoms with Gasteiger partial charge in [-0.15, -0.1) is 0 Å². The summed E-state index contributed by atoms with van der Waals surface area (Å²) in [6, 6.07) is 11.3. The maximum absolute atomic E-state index is 14.8. The molecule has 1 N–H and O–H groups in total. The van der Waals surface area contributed by atoms with Crippen LogP contribution >= 0.6 is 0 Å². The molecule has 2 aromatic carbocycles. The Morgan fingerprint density at radius 2 is 1.80 bits per heavy atom. The molecule has 1 aliphatic rings. The zero-order chi connectivity index (χ0) is 21.3. The van der Waals surface area contributed by atoms with Crippen LogP contribution < -0.4 is 0 Å². The van der Waals surface area contributed by atoms with E-state index in [1.165, 1.54) is 0 Å². The number of piperazine rings is 1. The van der Waals surface area contributed by atoms with Gasteiger partial charge in [0.2, 0.25) is 0 Å². The number of rotatable bonds is 3. The van der Waals surface area contributed by atoms with Gasteiger partial charge in [-0.1, -0.05) is 18.2 Å². The van der Waals surface area contributed by atoms with E-state index in [1.54, 1.807) is 17.2 Å². The lowest BCUT2D eigenvalue weighted by Gasteiger charge is -2.35. The minimum Gasteiger partial charge on any atom is -0.444 e. The Balaban J connectivity index is 1.38. The Morgan fingerprint density at radius 3 is 2.50 bits per heavy atom. The second-order valence-electron chi connectivity index (χ2n) is 8.72. The number of amides is 1. The zero-order valence-corrected chi connectivity index (χ0v) is 17.6. The molecule has 2 heterocycles. The highest BCUT2D eigenvalue weighted by atomic mass is 19.1. The number of hydrogen-bond donors (Lipinski definition) is 1. The molecule has 1 aromatic heterocycles. The fourth-order valence-corrected chi connectivity index (χ4v) is 3.63. The van der Waals surface area contributed by atoms with Crippen LogP contribution in [0.15, 0.2) is 42.6 Å². The quantitative estimate of drug-likeness (QED) is 0.694. The highest BCUT2D eigenvalue weighted by molar-refractivity contribution is 5.84. The lowest BCUT2D eigenvalue weighted by Crippen LogP contribution is -2.49. The fourth-order valence-electron chi connectivity index (χ4n) is 3.63. The van der Waals surface area contributed by atoms with Gasteiger partial charge in [-0.05, 0) is 50.1 Å². The summed E-state index contributed by atoms with van der Waals surface area (Å²) in [5.74, 6) is -0.214. The number of carbonyl (C=O) groups excluding carboxylic acids is 1. The summed E-state index contributed by atoms with van der Waals surface area (Å²) < 4.78 is 20.2. The van der Waals surface area contributed by atoms with Crippen LogP contribution in [0.2, 0.25) is 0 Å². The highest BCUT2D eigenvalue weighted by Gasteiger charge is 2.26. The van der Waals surface area contributed by atoms with E-state index in [-0.39, 0.29) is 11.9 Å². The maximum atomic E-state index is 14.8. The summed E-state index contributed by atoms with van der Waals surface area (Å²) in [5, 5.41) is 7.95. The van der Waals surface area contributed by atoms with Gasteiger partial charge in [0.1, 0.15) is 11.4 Å². The van der Waals surface area contributed by atoms with E-state index in [4.69, 9.17) is 4.74 Å². The Hall–Kier alpha value is -2.93. The molecular weight excluding hydrogens is 383 g/mol. The number of halogens is 1. The third-order valence-corrected chi connectivity index (χ3v) is 5.24. The number of fused-ring (bicyclic) bond motifs is 1. The van der Waals surface area contributed by atoms with Crippen LogP contribution in [0.1, 0.15) is 26.3 Å². The van der Waals surface area contributed by atoms with Crippen molar-refractivity contribution >= 4 is 17.0 Å². The van der Waals surface area contributed by atoms with Crippen molar-refractivity contribution in [1.82, 2.24) is 20.0 Å². The molecule has 1 saturated heterocycles. The van der Waals surface area contributed by atoms with Gasteiger partial charge in [-0.2, -0.15) is 5.10 Å². The van der Waals surface area contributed by atoms with Crippen molar-refractivity contribution in [3.8, 4) is 11.1 Å². The number of ether oxygens (including phenoxy) is 1. The third-order valence-electron chi connectivity index (χ3n) is 5.24. The van der Waals surface area contributed by atoms with Crippen LogP contribution in [-0.2, 0) is 11.3 Å². The average Bonchev–Trinajstić information content (AvgIpc) is 3.16. The van der Waals surface area contributed by atoms with Crippen molar-refractivity contribution in [2.45, 2.75) is 32.9 Å². The molecule has 7 heteroatoms. The SMILES string of the molecule is CC(C)(C)OC(=O)N1CCN(Cc2ccc(-c3ccc4[nH]ncc4c3)cc2F)CC1. The minimum absolute atomic E-state index is 0.214. The van der Waals surface area contributed by atoms with E-state index >= 15 is 0 Å². The second kappa shape index (κ2) is 8.07. The zero-order valence-electron chi connectivity index (χ0n) is 17.6. The largest absolute Gasteiger partial charge is 0.444 e. The van der Waals surface area contributed by atoms with E-state index in [2.05, 4.69) is 15.1 Å². The third kappa shape index (κ3) is 4.62. The minimum atomic E-state index is -0.499. The Morgan fingerprint density at radius 1 is 1.10 bits per heavy atom. The molecule has 1 fully saturated rings. The molecule has 4 rings (SSSR count). The van der Waals surface area contributed by atoms with Gasteiger partial charge in [-0.3, -0.25) is 10.00 Å². The van der Waals surface area contributed by atoms with E-state index in [0.29, 0.717) is 38.3 Å². The molecule has 0 unspecified atom stereocenters. The van der Waals surface area contributed by atoms with E-state index in [0.717, 1.165) is 22.0 Å². The predicted molar refractivity (Wildman–Crippen MR) is 115 cm³/mol. The first-order valence-corrected chi connectivity index (χ1v) is 10.2. The van der Waals surface area contributed by atoms with Crippen molar-refractivity contribution in [3.05, 3.63) is 54.0 Å². The first-order chi connectivity index (χ1) is 14.3. The van der Waals surface area contributed by atoms with E-state index in [1.807, 2.05) is 51.1 Å². The number of benzene rings is 2. The summed E-state index contributed by atoms with van der Waals surface area (Å²) in [6.45, 7) is 8.66. The van der Waals surface area contributed by atoms with Crippen LogP contribution in [0.4, 0.5) is 9.18 Å². The average molecular weight is 410 g/mol. The van der Waals surface area contributed by atoms with Gasteiger partial charge in [0.15, 0.2) is 0 Å². The van der Waals surface area contributed by atoms with Crippen molar-refractivity contribution < 1.29 is 13.9 Å². The van der Waals surface area contributed by atoms with Crippen LogP contribution in [0.5, 0.6) is 0 Å². The lowest BCUT2D eigenvalue weighted by atomic mass is 10.0. The molecule has 1 aliphatic heterocycles. The number of hydrogen-bond acceptors (Lipinski definition) is 4. The van der Waals surface area contributed by atoms with Gasteiger partial charge in [-0.25, -0.2) is 9.18 Å². The van der Waals surface area contributed by atoms with Gasteiger partial charge in [0.25, 0.3) is 0 Å². The summed E-state index contributed by atoms with van der Waals surface area (Å²) in [5.41, 5.74) is 2.92. The maximum Gasteiger partial charge on any atom is 0.410 e. The number of aromatic nitrogens is 2. The summed E-state index contributed by atoms with van der Waals surface area (Å²) in [7, 11) is 0. The highest BCUT2D eigenvalue weighted by Crippen LogP contribution is 2.26. The predicted octanol–water partition coefficient (Wildman–Crippen LogP) is 4.42. The van der Waals surface area contributed by atoms with Gasteiger partial charge in [0.05, 0.1) is 11.7 Å². The van der Waals surface area contributed by atoms with Crippen LogP contribution in [0, 0.1) is 5.82 Å². The van der Waals surface area contributed by atoms with Crippen LogP contribution in [0.3, 0.4) is 0 Å². The monoisotopic (exact) mass is 410 g/mol.